The molecule has 1 atom stereocenters. The molecule has 2 fully saturated rings. The fraction of sp³-hybridized carbons (Fsp3) is 0.406. The van der Waals surface area contributed by atoms with Crippen LogP contribution < -0.4 is 10.9 Å². The largest absolute Gasteiger partial charge is 0.481 e. The SMILES string of the molecule is CC(F)(F)c1ccc(=O)n(Cc2ccc(C(C(=O)Nc3cccc(CC4(C(=O)O)CC4)c3)C3CCCC3)cc2)c1. The smallest absolute Gasteiger partial charge is 0.309 e. The first-order valence-corrected chi connectivity index (χ1v) is 13.8. The molecule has 3 aromatic rings. The molecular weight excluding hydrogens is 514 g/mol. The predicted molar refractivity (Wildman–Crippen MR) is 149 cm³/mol. The van der Waals surface area contributed by atoms with E-state index < -0.39 is 17.3 Å². The summed E-state index contributed by atoms with van der Waals surface area (Å²) < 4.78 is 28.8. The van der Waals surface area contributed by atoms with Gasteiger partial charge in [0, 0.05) is 30.4 Å². The van der Waals surface area contributed by atoms with Gasteiger partial charge in [0.2, 0.25) is 5.91 Å². The van der Waals surface area contributed by atoms with Crippen molar-refractivity contribution in [3.8, 4) is 0 Å². The minimum Gasteiger partial charge on any atom is -0.481 e. The topological polar surface area (TPSA) is 88.4 Å². The van der Waals surface area contributed by atoms with Gasteiger partial charge in [0.15, 0.2) is 0 Å². The number of aliphatic carboxylic acids is 1. The van der Waals surface area contributed by atoms with Crippen molar-refractivity contribution in [2.75, 3.05) is 5.32 Å². The first-order valence-electron chi connectivity index (χ1n) is 13.8. The molecule has 8 heteroatoms. The zero-order valence-corrected chi connectivity index (χ0v) is 22.5. The van der Waals surface area contributed by atoms with Gasteiger partial charge in [-0.3, -0.25) is 14.4 Å². The number of anilines is 1. The molecule has 2 aliphatic carbocycles. The number of pyridine rings is 1. The van der Waals surface area contributed by atoms with Gasteiger partial charge in [0.05, 0.1) is 17.9 Å². The van der Waals surface area contributed by atoms with Gasteiger partial charge in [-0.25, -0.2) is 8.78 Å². The summed E-state index contributed by atoms with van der Waals surface area (Å²) in [6, 6.07) is 17.2. The maximum atomic E-state index is 13.8. The summed E-state index contributed by atoms with van der Waals surface area (Å²) in [4.78, 5) is 37.6. The van der Waals surface area contributed by atoms with Gasteiger partial charge >= 0.3 is 5.97 Å². The number of rotatable bonds is 10. The van der Waals surface area contributed by atoms with E-state index in [0.717, 1.165) is 61.4 Å². The number of carboxylic acids is 1. The average Bonchev–Trinajstić information content (AvgIpc) is 3.49. The van der Waals surface area contributed by atoms with Crippen molar-refractivity contribution in [1.29, 1.82) is 0 Å². The first-order chi connectivity index (χ1) is 19.0. The fourth-order valence-electron chi connectivity index (χ4n) is 5.86. The molecular formula is C32H34F2N2O4. The van der Waals surface area contributed by atoms with Gasteiger partial charge in [-0.1, -0.05) is 49.2 Å². The van der Waals surface area contributed by atoms with Crippen molar-refractivity contribution in [2.45, 2.75) is 70.3 Å². The molecule has 5 rings (SSSR count). The Labute approximate surface area is 232 Å². The summed E-state index contributed by atoms with van der Waals surface area (Å²) in [6.45, 7) is 0.948. The van der Waals surface area contributed by atoms with E-state index in [2.05, 4.69) is 5.32 Å². The normalized spacial score (nSPS) is 17.4. The Balaban J connectivity index is 1.33. The van der Waals surface area contributed by atoms with E-state index in [-0.39, 0.29) is 35.4 Å². The van der Waals surface area contributed by atoms with Crippen molar-refractivity contribution < 1.29 is 23.5 Å². The maximum absolute atomic E-state index is 13.8. The number of alkyl halides is 2. The van der Waals surface area contributed by atoms with E-state index in [4.69, 9.17) is 0 Å². The summed E-state index contributed by atoms with van der Waals surface area (Å²) >= 11 is 0. The number of hydrogen-bond acceptors (Lipinski definition) is 3. The second kappa shape index (κ2) is 11.0. The number of nitrogens with zero attached hydrogens (tertiary/aromatic N) is 1. The van der Waals surface area contributed by atoms with Gasteiger partial charge in [-0.15, -0.1) is 0 Å². The fourth-order valence-corrected chi connectivity index (χ4v) is 5.86. The van der Waals surface area contributed by atoms with Crippen molar-refractivity contribution in [3.63, 3.8) is 0 Å². The molecule has 1 aromatic heterocycles. The number of halogens is 2. The summed E-state index contributed by atoms with van der Waals surface area (Å²) in [5, 5.41) is 12.6. The molecule has 1 heterocycles. The Morgan fingerprint density at radius 2 is 1.75 bits per heavy atom. The molecule has 0 bridgehead atoms. The second-order valence-corrected chi connectivity index (χ2v) is 11.5. The zero-order valence-electron chi connectivity index (χ0n) is 22.5. The number of carbonyl (C=O) groups is 2. The monoisotopic (exact) mass is 548 g/mol. The van der Waals surface area contributed by atoms with Crippen molar-refractivity contribution >= 4 is 17.6 Å². The Bertz CT molecular complexity index is 1450. The van der Waals surface area contributed by atoms with Crippen molar-refractivity contribution in [3.05, 3.63) is 99.5 Å². The van der Waals surface area contributed by atoms with Crippen LogP contribution in [0, 0.1) is 11.3 Å². The maximum Gasteiger partial charge on any atom is 0.309 e. The average molecular weight is 549 g/mol. The summed E-state index contributed by atoms with van der Waals surface area (Å²) in [5.41, 5.74) is 1.91. The van der Waals surface area contributed by atoms with Gasteiger partial charge in [-0.2, -0.15) is 0 Å². The number of hydrogen-bond donors (Lipinski definition) is 2. The summed E-state index contributed by atoms with van der Waals surface area (Å²) in [7, 11) is 0. The highest BCUT2D eigenvalue weighted by Crippen LogP contribution is 2.48. The van der Waals surface area contributed by atoms with Crippen molar-refractivity contribution in [2.24, 2.45) is 11.3 Å². The van der Waals surface area contributed by atoms with Gasteiger partial charge in [-0.05, 0) is 72.9 Å². The van der Waals surface area contributed by atoms with Crippen LogP contribution in [0.5, 0.6) is 0 Å². The van der Waals surface area contributed by atoms with Crippen LogP contribution in [0.3, 0.4) is 0 Å². The molecule has 1 amide bonds. The van der Waals surface area contributed by atoms with Crippen LogP contribution in [-0.2, 0) is 28.5 Å². The van der Waals surface area contributed by atoms with E-state index in [1.165, 1.54) is 10.8 Å². The second-order valence-electron chi connectivity index (χ2n) is 11.5. The quantitative estimate of drug-likeness (QED) is 0.310. The lowest BCUT2D eigenvalue weighted by Gasteiger charge is -2.24. The molecule has 2 aliphatic rings. The standard InChI is InChI=1S/C32H34F2N2O4/c1-31(33,34)25-13-14-27(37)36(20-25)19-21-9-11-24(12-10-21)28(23-6-2-3-7-23)29(38)35-26-8-4-5-22(17-26)18-32(15-16-32)30(39)40/h4-5,8-14,17,20,23,28H,2-3,6-7,15-16,18-19H2,1H3,(H,35,38)(H,39,40). The molecule has 1 unspecified atom stereocenters. The number of aromatic nitrogens is 1. The van der Waals surface area contributed by atoms with E-state index in [1.54, 1.807) is 0 Å². The number of carbonyl (C=O) groups excluding carboxylic acids is 1. The van der Waals surface area contributed by atoms with Crippen LogP contribution in [-0.4, -0.2) is 21.6 Å². The highest BCUT2D eigenvalue weighted by atomic mass is 19.3. The Morgan fingerprint density at radius 1 is 1.05 bits per heavy atom. The molecule has 0 radical (unpaired) electrons. The number of benzene rings is 2. The Kier molecular flexibility index (Phi) is 7.62. The van der Waals surface area contributed by atoms with E-state index in [1.807, 2.05) is 48.5 Å². The van der Waals surface area contributed by atoms with Crippen LogP contribution >= 0.6 is 0 Å². The molecule has 0 saturated heterocycles. The third kappa shape index (κ3) is 6.16. The number of nitrogens with one attached hydrogen (secondary N) is 1. The zero-order chi connectivity index (χ0) is 28.5. The molecule has 40 heavy (non-hydrogen) atoms. The van der Waals surface area contributed by atoms with Gasteiger partial charge in [0.25, 0.3) is 11.5 Å². The van der Waals surface area contributed by atoms with E-state index in [0.29, 0.717) is 24.9 Å². The Morgan fingerprint density at radius 3 is 2.38 bits per heavy atom. The van der Waals surface area contributed by atoms with Crippen molar-refractivity contribution in [1.82, 2.24) is 4.57 Å². The third-order valence-electron chi connectivity index (χ3n) is 8.38. The van der Waals surface area contributed by atoms with Gasteiger partial charge in [0.1, 0.15) is 0 Å². The molecule has 210 valence electrons. The first kappa shape index (κ1) is 27.7. The summed E-state index contributed by atoms with van der Waals surface area (Å²) in [6.07, 6.45) is 7.03. The molecule has 0 spiro atoms. The van der Waals surface area contributed by atoms with Gasteiger partial charge < -0.3 is 15.0 Å². The molecule has 2 aromatic carbocycles. The summed E-state index contributed by atoms with van der Waals surface area (Å²) in [5.74, 6) is -4.09. The van der Waals surface area contributed by atoms with Crippen LogP contribution in [0.1, 0.15) is 73.6 Å². The third-order valence-corrected chi connectivity index (χ3v) is 8.38. The minimum atomic E-state index is -3.05. The number of amides is 1. The van der Waals surface area contributed by atoms with E-state index >= 15 is 0 Å². The van der Waals surface area contributed by atoms with Crippen LogP contribution in [0.2, 0.25) is 0 Å². The molecule has 0 aliphatic heterocycles. The molecule has 6 nitrogen and oxygen atoms in total. The predicted octanol–water partition coefficient (Wildman–Crippen LogP) is 6.33. The van der Waals surface area contributed by atoms with Crippen LogP contribution in [0.15, 0.2) is 71.7 Å². The molecule has 2 N–H and O–H groups in total. The lowest BCUT2D eigenvalue weighted by Crippen LogP contribution is -2.27. The Hall–Kier alpha value is -3.81. The number of carboxylic acid groups (broad SMARTS) is 1. The highest BCUT2D eigenvalue weighted by Gasteiger charge is 2.50. The lowest BCUT2D eigenvalue weighted by atomic mass is 9.83. The minimum absolute atomic E-state index is 0.106. The lowest BCUT2D eigenvalue weighted by molar-refractivity contribution is -0.143. The van der Waals surface area contributed by atoms with E-state index in [9.17, 15) is 28.3 Å². The molecule has 2 saturated carbocycles. The van der Waals surface area contributed by atoms with Crippen LogP contribution in [0.4, 0.5) is 14.5 Å². The highest BCUT2D eigenvalue weighted by molar-refractivity contribution is 5.96. The van der Waals surface area contributed by atoms with Crippen LogP contribution in [0.25, 0.3) is 0 Å².